The number of rotatable bonds is 4. The van der Waals surface area contributed by atoms with Crippen molar-refractivity contribution in [2.24, 2.45) is 0 Å². The molecule has 2 aliphatic rings. The van der Waals surface area contributed by atoms with Crippen LogP contribution in [0.2, 0.25) is 0 Å². The van der Waals surface area contributed by atoms with Crippen LogP contribution in [-0.2, 0) is 52.4 Å². The third-order valence-corrected chi connectivity index (χ3v) is 8.57. The molecule has 6 aromatic rings. The summed E-state index contributed by atoms with van der Waals surface area (Å²) < 4.78 is 0. The molecule has 0 radical (unpaired) electrons. The van der Waals surface area contributed by atoms with Gasteiger partial charge >= 0.3 is 52.4 Å². The minimum absolute atomic E-state index is 0. The summed E-state index contributed by atoms with van der Waals surface area (Å²) in [5.74, 6) is 1.80. The van der Waals surface area contributed by atoms with Crippen LogP contribution < -0.4 is 49.6 Å². The van der Waals surface area contributed by atoms with Gasteiger partial charge in [0, 0.05) is 0 Å². The smallest absolute Gasteiger partial charge is 1.00 e. The first-order chi connectivity index (χ1) is 20.9. The maximum Gasteiger partial charge on any atom is 4.00 e. The van der Waals surface area contributed by atoms with Crippen LogP contribution in [0, 0.1) is 0 Å². The summed E-state index contributed by atoms with van der Waals surface area (Å²) >= 11 is 0. The van der Waals surface area contributed by atoms with Crippen LogP contribution in [0.1, 0.15) is 74.3 Å². The molecule has 0 bridgehead atoms. The van der Waals surface area contributed by atoms with Crippen molar-refractivity contribution in [1.82, 2.24) is 0 Å². The SMILES string of the molecule is [Cl-].[Cl-].[Cl-].[Cl-].[Zr+4].[Zr+4].c1cc[c-](C2CCCC2)c1.c1cc[c-](C2CCCC2)c1.c1ccc(-[c-]2cccc2)cc1.c1ccc(-[c-]2cccc2)cc1. The van der Waals surface area contributed by atoms with Crippen molar-refractivity contribution in [2.75, 3.05) is 0 Å². The third-order valence-electron chi connectivity index (χ3n) is 8.57. The van der Waals surface area contributed by atoms with Gasteiger partial charge in [0.25, 0.3) is 0 Å². The summed E-state index contributed by atoms with van der Waals surface area (Å²) in [6, 6.07) is 55.1. The predicted octanol–water partition coefficient (Wildman–Crippen LogP) is 0.282. The molecule has 0 N–H and O–H groups in total. The third kappa shape index (κ3) is 16.2. The Morgan fingerprint density at radius 3 is 0.854 bits per heavy atom. The van der Waals surface area contributed by atoms with E-state index in [1.54, 1.807) is 11.1 Å². The van der Waals surface area contributed by atoms with E-state index in [0.717, 1.165) is 11.8 Å². The number of hydrogen-bond donors (Lipinski definition) is 0. The average Bonchev–Trinajstić information content (AvgIpc) is 3.92. The molecule has 0 saturated heterocycles. The number of hydrogen-bond acceptors (Lipinski definition) is 0. The minimum Gasteiger partial charge on any atom is -1.00 e. The Morgan fingerprint density at radius 1 is 0.333 bits per heavy atom. The van der Waals surface area contributed by atoms with Gasteiger partial charge in [-0.1, -0.05) is 111 Å². The summed E-state index contributed by atoms with van der Waals surface area (Å²) in [7, 11) is 0. The Bertz CT molecular complexity index is 1330. The first-order valence-electron chi connectivity index (χ1n) is 15.8. The van der Waals surface area contributed by atoms with Gasteiger partial charge in [0.1, 0.15) is 0 Å². The summed E-state index contributed by atoms with van der Waals surface area (Å²) in [5, 5.41) is 0. The van der Waals surface area contributed by atoms with Gasteiger partial charge in [-0.2, -0.15) is 59.7 Å². The second kappa shape index (κ2) is 28.5. The minimum atomic E-state index is 0. The Hall–Kier alpha value is -1.23. The van der Waals surface area contributed by atoms with Gasteiger partial charge in [-0.15, -0.1) is 59.7 Å². The molecule has 248 valence electrons. The number of halogens is 4. The average molecular weight is 873 g/mol. The zero-order valence-corrected chi connectivity index (χ0v) is 35.3. The molecule has 2 saturated carbocycles. The molecule has 8 rings (SSSR count). The van der Waals surface area contributed by atoms with Gasteiger partial charge in [0.15, 0.2) is 0 Å². The van der Waals surface area contributed by atoms with Crippen LogP contribution in [0.4, 0.5) is 0 Å². The van der Waals surface area contributed by atoms with Crippen LogP contribution >= 0.6 is 0 Å². The Kier molecular flexibility index (Phi) is 29.0. The van der Waals surface area contributed by atoms with E-state index in [2.05, 4.69) is 146 Å². The molecular weight excluding hydrogens is 829 g/mol. The molecule has 6 heteroatoms. The largest absolute Gasteiger partial charge is 4.00 e. The standard InChI is InChI=1S/2C11H9.2C10H13.4ClH.2Zr/c2*1-2-6-10(7-3-1)11-8-4-5-9-11;2*1-2-6-9(5-1)10-7-3-4-8-10;;;;;;/h2*1-9H;2*1-2,5-6,10H,3-4,7-8H2;4*1H;;/q4*-1;;;;;2*+4/p-4. The van der Waals surface area contributed by atoms with Crippen LogP contribution in [0.5, 0.6) is 0 Å². The zero-order chi connectivity index (χ0) is 28.7. The molecule has 0 aromatic heterocycles. The second-order valence-electron chi connectivity index (χ2n) is 11.5. The second-order valence-corrected chi connectivity index (χ2v) is 11.5. The van der Waals surface area contributed by atoms with Crippen molar-refractivity contribution in [1.29, 1.82) is 0 Å². The van der Waals surface area contributed by atoms with Crippen LogP contribution in [-0.4, -0.2) is 0 Å². The van der Waals surface area contributed by atoms with Gasteiger partial charge in [0.2, 0.25) is 0 Å². The molecule has 0 atom stereocenters. The van der Waals surface area contributed by atoms with Gasteiger partial charge in [-0.3, -0.25) is 0 Å². The molecule has 2 aliphatic carbocycles. The first-order valence-corrected chi connectivity index (χ1v) is 15.8. The van der Waals surface area contributed by atoms with E-state index in [1.807, 2.05) is 12.1 Å². The van der Waals surface area contributed by atoms with Crippen molar-refractivity contribution >= 4 is 0 Å². The molecule has 0 heterocycles. The van der Waals surface area contributed by atoms with Crippen molar-refractivity contribution in [2.45, 2.75) is 63.2 Å². The molecule has 0 spiro atoms. The summed E-state index contributed by atoms with van der Waals surface area (Å²) in [6.07, 6.45) is 11.4. The molecular formula is C42H44Cl4Zr2. The monoisotopic (exact) mass is 868 g/mol. The summed E-state index contributed by atoms with van der Waals surface area (Å²) in [4.78, 5) is 0. The quantitative estimate of drug-likeness (QED) is 0.224. The van der Waals surface area contributed by atoms with Crippen LogP contribution in [0.3, 0.4) is 0 Å². The van der Waals surface area contributed by atoms with Crippen LogP contribution in [0.15, 0.2) is 158 Å². The van der Waals surface area contributed by atoms with E-state index < -0.39 is 0 Å². The molecule has 48 heavy (non-hydrogen) atoms. The van der Waals surface area contributed by atoms with E-state index in [9.17, 15) is 0 Å². The molecule has 0 amide bonds. The summed E-state index contributed by atoms with van der Waals surface area (Å²) in [6.45, 7) is 0. The predicted molar refractivity (Wildman–Crippen MR) is 181 cm³/mol. The van der Waals surface area contributed by atoms with Gasteiger partial charge in [-0.25, -0.2) is 24.3 Å². The maximum absolute atomic E-state index is 2.26. The van der Waals surface area contributed by atoms with Crippen molar-refractivity contribution in [3.63, 3.8) is 0 Å². The normalized spacial score (nSPS) is 12.8. The molecule has 0 aliphatic heterocycles. The van der Waals surface area contributed by atoms with Gasteiger partial charge < -0.3 is 49.6 Å². The van der Waals surface area contributed by atoms with Gasteiger partial charge in [0.05, 0.1) is 0 Å². The van der Waals surface area contributed by atoms with Crippen molar-refractivity contribution in [3.05, 3.63) is 169 Å². The molecule has 2 fully saturated rings. The first kappa shape index (κ1) is 48.9. The molecule has 6 aromatic carbocycles. The number of benzene rings is 2. The van der Waals surface area contributed by atoms with Crippen molar-refractivity contribution in [3.8, 4) is 22.3 Å². The fraction of sp³-hybridized carbons (Fsp3) is 0.238. The Morgan fingerprint density at radius 2 is 0.583 bits per heavy atom. The fourth-order valence-corrected chi connectivity index (χ4v) is 6.23. The molecule has 0 unspecified atom stereocenters. The summed E-state index contributed by atoms with van der Waals surface area (Å²) in [5.41, 5.74) is 8.31. The van der Waals surface area contributed by atoms with Crippen molar-refractivity contribution < 1.29 is 102 Å². The zero-order valence-electron chi connectivity index (χ0n) is 27.3. The van der Waals surface area contributed by atoms with E-state index >= 15 is 0 Å². The van der Waals surface area contributed by atoms with Gasteiger partial charge in [-0.05, 0) is 0 Å². The van der Waals surface area contributed by atoms with E-state index in [-0.39, 0.29) is 102 Å². The fourth-order valence-electron chi connectivity index (χ4n) is 6.23. The van der Waals surface area contributed by atoms with E-state index in [1.165, 1.54) is 73.6 Å². The Labute approximate surface area is 352 Å². The Balaban J connectivity index is 0. The maximum atomic E-state index is 2.26. The van der Waals surface area contributed by atoms with E-state index in [0.29, 0.717) is 0 Å². The van der Waals surface area contributed by atoms with E-state index in [4.69, 9.17) is 0 Å². The molecule has 0 nitrogen and oxygen atoms in total. The van der Waals surface area contributed by atoms with Crippen LogP contribution in [0.25, 0.3) is 22.3 Å². The topological polar surface area (TPSA) is 0 Å².